The van der Waals surface area contributed by atoms with Crippen LogP contribution < -0.4 is 5.32 Å². The first-order valence-corrected chi connectivity index (χ1v) is 6.21. The van der Waals surface area contributed by atoms with Gasteiger partial charge in [0.25, 0.3) is 0 Å². The Bertz CT molecular complexity index is 359. The summed E-state index contributed by atoms with van der Waals surface area (Å²) in [7, 11) is 0. The molecule has 2 atom stereocenters. The summed E-state index contributed by atoms with van der Waals surface area (Å²) in [5.74, 6) is 3.22. The van der Waals surface area contributed by atoms with Gasteiger partial charge in [0.1, 0.15) is 0 Å². The molecule has 0 bridgehead atoms. The molecule has 0 spiro atoms. The van der Waals surface area contributed by atoms with Crippen LogP contribution in [0.3, 0.4) is 0 Å². The third kappa shape index (κ3) is 2.79. The number of hydrogen-bond donors (Lipinski definition) is 1. The SMILES string of the molecule is C#CCCC(=O)N1CCC2NC(=O)CCC2C1. The van der Waals surface area contributed by atoms with E-state index in [0.717, 1.165) is 25.9 Å². The summed E-state index contributed by atoms with van der Waals surface area (Å²) < 4.78 is 0. The van der Waals surface area contributed by atoms with Gasteiger partial charge in [-0.15, -0.1) is 12.3 Å². The van der Waals surface area contributed by atoms with Crippen LogP contribution in [0.2, 0.25) is 0 Å². The molecule has 0 aromatic carbocycles. The Balaban J connectivity index is 1.87. The zero-order valence-corrected chi connectivity index (χ0v) is 9.95. The molecule has 92 valence electrons. The Morgan fingerprint density at radius 3 is 3.12 bits per heavy atom. The summed E-state index contributed by atoms with van der Waals surface area (Å²) in [5, 5.41) is 3.01. The number of amides is 2. The molecule has 0 radical (unpaired) electrons. The van der Waals surface area contributed by atoms with E-state index in [0.29, 0.717) is 25.2 Å². The number of carbonyl (C=O) groups is 2. The first kappa shape index (κ1) is 12.0. The van der Waals surface area contributed by atoms with E-state index >= 15 is 0 Å². The largest absolute Gasteiger partial charge is 0.353 e. The summed E-state index contributed by atoms with van der Waals surface area (Å²) >= 11 is 0. The summed E-state index contributed by atoms with van der Waals surface area (Å²) in [5.41, 5.74) is 0. The lowest BCUT2D eigenvalue weighted by molar-refractivity contribution is -0.134. The topological polar surface area (TPSA) is 49.4 Å². The summed E-state index contributed by atoms with van der Waals surface area (Å²) in [6.07, 6.45) is 8.48. The van der Waals surface area contributed by atoms with E-state index in [4.69, 9.17) is 6.42 Å². The number of likely N-dealkylation sites (tertiary alicyclic amines) is 1. The van der Waals surface area contributed by atoms with Crippen molar-refractivity contribution in [2.75, 3.05) is 13.1 Å². The average Bonchev–Trinajstić information content (AvgIpc) is 2.35. The minimum absolute atomic E-state index is 0.151. The zero-order chi connectivity index (χ0) is 12.3. The molecular formula is C13H18N2O2. The van der Waals surface area contributed by atoms with Gasteiger partial charge in [0.15, 0.2) is 0 Å². The second-order valence-electron chi connectivity index (χ2n) is 4.81. The molecule has 17 heavy (non-hydrogen) atoms. The van der Waals surface area contributed by atoms with Crippen molar-refractivity contribution in [3.63, 3.8) is 0 Å². The second-order valence-corrected chi connectivity index (χ2v) is 4.81. The summed E-state index contributed by atoms with van der Waals surface area (Å²) in [6.45, 7) is 1.51. The Labute approximate surface area is 102 Å². The average molecular weight is 234 g/mol. The molecule has 1 N–H and O–H groups in total. The van der Waals surface area contributed by atoms with Crippen LogP contribution in [-0.4, -0.2) is 35.8 Å². The van der Waals surface area contributed by atoms with Crippen molar-refractivity contribution >= 4 is 11.8 Å². The van der Waals surface area contributed by atoms with Crippen LogP contribution in [-0.2, 0) is 9.59 Å². The number of rotatable bonds is 2. The van der Waals surface area contributed by atoms with Gasteiger partial charge < -0.3 is 10.2 Å². The molecule has 4 heteroatoms. The number of hydrogen-bond acceptors (Lipinski definition) is 2. The normalized spacial score (nSPS) is 27.9. The lowest BCUT2D eigenvalue weighted by atomic mass is 9.85. The highest BCUT2D eigenvalue weighted by Gasteiger charge is 2.34. The monoisotopic (exact) mass is 234 g/mol. The number of nitrogens with one attached hydrogen (secondary N) is 1. The molecule has 2 heterocycles. The van der Waals surface area contributed by atoms with E-state index in [-0.39, 0.29) is 17.9 Å². The van der Waals surface area contributed by atoms with Crippen molar-refractivity contribution in [3.8, 4) is 12.3 Å². The van der Waals surface area contributed by atoms with Crippen LogP contribution in [0.1, 0.15) is 32.1 Å². The van der Waals surface area contributed by atoms with Gasteiger partial charge in [0.05, 0.1) is 0 Å². The van der Waals surface area contributed by atoms with Crippen molar-refractivity contribution in [2.45, 2.75) is 38.1 Å². The summed E-state index contributed by atoms with van der Waals surface area (Å²) in [6, 6.07) is 0.271. The Kier molecular flexibility index (Phi) is 3.68. The Hall–Kier alpha value is -1.50. The Morgan fingerprint density at radius 1 is 1.53 bits per heavy atom. The number of carbonyl (C=O) groups excluding carboxylic acids is 2. The minimum atomic E-state index is 0.151. The maximum Gasteiger partial charge on any atom is 0.223 e. The van der Waals surface area contributed by atoms with Gasteiger partial charge in [-0.1, -0.05) is 0 Å². The van der Waals surface area contributed by atoms with Gasteiger partial charge in [0.2, 0.25) is 11.8 Å². The maximum atomic E-state index is 11.8. The van der Waals surface area contributed by atoms with Crippen molar-refractivity contribution in [2.24, 2.45) is 5.92 Å². The van der Waals surface area contributed by atoms with E-state index in [9.17, 15) is 9.59 Å². The Morgan fingerprint density at radius 2 is 2.35 bits per heavy atom. The molecule has 2 aliphatic heterocycles. The molecule has 0 aliphatic carbocycles. The van der Waals surface area contributed by atoms with E-state index in [2.05, 4.69) is 11.2 Å². The fourth-order valence-corrected chi connectivity index (χ4v) is 2.67. The summed E-state index contributed by atoms with van der Waals surface area (Å²) in [4.78, 5) is 25.0. The van der Waals surface area contributed by atoms with Crippen LogP contribution in [0.4, 0.5) is 0 Å². The number of piperidine rings is 2. The lowest BCUT2D eigenvalue weighted by Gasteiger charge is -2.41. The highest BCUT2D eigenvalue weighted by Crippen LogP contribution is 2.25. The predicted molar refractivity (Wildman–Crippen MR) is 63.9 cm³/mol. The maximum absolute atomic E-state index is 11.8. The predicted octanol–water partition coefficient (Wildman–Crippen LogP) is 0.527. The molecule has 2 saturated heterocycles. The van der Waals surface area contributed by atoms with Gasteiger partial charge in [-0.2, -0.15) is 0 Å². The fourth-order valence-electron chi connectivity index (χ4n) is 2.67. The van der Waals surface area contributed by atoms with Crippen LogP contribution in [0.15, 0.2) is 0 Å². The van der Waals surface area contributed by atoms with Gasteiger partial charge in [-0.05, 0) is 18.8 Å². The minimum Gasteiger partial charge on any atom is -0.353 e. The molecular weight excluding hydrogens is 216 g/mol. The number of terminal acetylenes is 1. The molecule has 0 aromatic rings. The first-order valence-electron chi connectivity index (χ1n) is 6.21. The van der Waals surface area contributed by atoms with Crippen molar-refractivity contribution < 1.29 is 9.59 Å². The molecule has 2 aliphatic rings. The third-order valence-corrected chi connectivity index (χ3v) is 3.66. The second kappa shape index (κ2) is 5.22. The number of fused-ring (bicyclic) bond motifs is 1. The van der Waals surface area contributed by atoms with Crippen molar-refractivity contribution in [3.05, 3.63) is 0 Å². The van der Waals surface area contributed by atoms with E-state index in [1.807, 2.05) is 4.90 Å². The quantitative estimate of drug-likeness (QED) is 0.708. The molecule has 4 nitrogen and oxygen atoms in total. The molecule has 2 rings (SSSR count). The van der Waals surface area contributed by atoms with Gasteiger partial charge in [-0.3, -0.25) is 9.59 Å². The third-order valence-electron chi connectivity index (χ3n) is 3.66. The van der Waals surface area contributed by atoms with Gasteiger partial charge in [-0.25, -0.2) is 0 Å². The molecule has 0 saturated carbocycles. The smallest absolute Gasteiger partial charge is 0.223 e. The van der Waals surface area contributed by atoms with E-state index in [1.54, 1.807) is 0 Å². The van der Waals surface area contributed by atoms with E-state index in [1.165, 1.54) is 0 Å². The van der Waals surface area contributed by atoms with E-state index < -0.39 is 0 Å². The van der Waals surface area contributed by atoms with Gasteiger partial charge >= 0.3 is 0 Å². The first-order chi connectivity index (χ1) is 8.20. The van der Waals surface area contributed by atoms with Crippen LogP contribution in [0.25, 0.3) is 0 Å². The highest BCUT2D eigenvalue weighted by molar-refractivity contribution is 5.78. The van der Waals surface area contributed by atoms with Crippen molar-refractivity contribution in [1.29, 1.82) is 0 Å². The number of nitrogens with zero attached hydrogens (tertiary/aromatic N) is 1. The fraction of sp³-hybridized carbons (Fsp3) is 0.692. The van der Waals surface area contributed by atoms with Crippen LogP contribution in [0, 0.1) is 18.3 Å². The zero-order valence-electron chi connectivity index (χ0n) is 9.95. The molecule has 0 aromatic heterocycles. The highest BCUT2D eigenvalue weighted by atomic mass is 16.2. The molecule has 2 unspecified atom stereocenters. The molecule has 2 amide bonds. The van der Waals surface area contributed by atoms with Crippen molar-refractivity contribution in [1.82, 2.24) is 10.2 Å². The lowest BCUT2D eigenvalue weighted by Crippen LogP contribution is -2.55. The van der Waals surface area contributed by atoms with Crippen LogP contribution in [0.5, 0.6) is 0 Å². The van der Waals surface area contributed by atoms with Gasteiger partial charge in [0, 0.05) is 38.4 Å². The standard InChI is InChI=1S/C13H18N2O2/c1-2-3-4-13(17)15-8-7-11-10(9-15)5-6-12(16)14-11/h1,10-11H,3-9H2,(H,14,16). The van der Waals surface area contributed by atoms with Crippen LogP contribution >= 0.6 is 0 Å². The molecule has 2 fully saturated rings.